The Bertz CT molecular complexity index is 479. The number of hydrogen-bond donors (Lipinski definition) is 1. The molecule has 0 aliphatic heterocycles. The number of carboxylic acid groups (broad SMARTS) is 1. The van der Waals surface area contributed by atoms with Crippen molar-refractivity contribution in [3.05, 3.63) is 23.6 Å². The molecule has 0 aromatic carbocycles. The minimum absolute atomic E-state index is 0.0688. The van der Waals surface area contributed by atoms with E-state index in [0.29, 0.717) is 11.7 Å². The first kappa shape index (κ1) is 13.8. The fourth-order valence-electron chi connectivity index (χ4n) is 2.80. The Morgan fingerprint density at radius 3 is 2.89 bits per heavy atom. The molecule has 104 valence electrons. The zero-order valence-electron chi connectivity index (χ0n) is 11.3. The van der Waals surface area contributed by atoms with E-state index in [2.05, 4.69) is 11.9 Å². The smallest absolute Gasteiger partial charge is 0.339 e. The van der Waals surface area contributed by atoms with Crippen LogP contribution in [0.2, 0.25) is 0 Å². The molecule has 0 bridgehead atoms. The molecule has 0 amide bonds. The van der Waals surface area contributed by atoms with Gasteiger partial charge in [-0.15, -0.1) is 0 Å². The van der Waals surface area contributed by atoms with Crippen molar-refractivity contribution in [2.24, 2.45) is 5.92 Å². The standard InChI is InChI=1S/C14H19FN2O2/c1-9-4-3-5-11(6-9)17(2)13-12(14(18)19)7-10(15)8-16-13/h7-9,11H,3-6H2,1-2H3,(H,18,19). The summed E-state index contributed by atoms with van der Waals surface area (Å²) in [4.78, 5) is 17.0. The number of carboxylic acids is 1. The number of aromatic nitrogens is 1. The van der Waals surface area contributed by atoms with Crippen molar-refractivity contribution in [1.29, 1.82) is 0 Å². The molecular weight excluding hydrogens is 247 g/mol. The first-order valence-electron chi connectivity index (χ1n) is 6.60. The Morgan fingerprint density at radius 1 is 1.53 bits per heavy atom. The maximum absolute atomic E-state index is 13.1. The highest BCUT2D eigenvalue weighted by Gasteiger charge is 2.26. The highest BCUT2D eigenvalue weighted by Crippen LogP contribution is 2.30. The normalized spacial score (nSPS) is 23.1. The number of aromatic carboxylic acids is 1. The minimum atomic E-state index is -1.14. The summed E-state index contributed by atoms with van der Waals surface area (Å²) < 4.78 is 13.1. The fraction of sp³-hybridized carbons (Fsp3) is 0.571. The zero-order valence-corrected chi connectivity index (χ0v) is 11.3. The molecule has 2 rings (SSSR count). The predicted molar refractivity (Wildman–Crippen MR) is 71.0 cm³/mol. The number of hydrogen-bond acceptors (Lipinski definition) is 3. The third-order valence-electron chi connectivity index (χ3n) is 3.85. The van der Waals surface area contributed by atoms with Crippen LogP contribution in [-0.4, -0.2) is 29.1 Å². The Labute approximate surface area is 112 Å². The van der Waals surface area contributed by atoms with E-state index in [4.69, 9.17) is 5.11 Å². The summed E-state index contributed by atoms with van der Waals surface area (Å²) >= 11 is 0. The molecule has 4 nitrogen and oxygen atoms in total. The molecule has 19 heavy (non-hydrogen) atoms. The van der Waals surface area contributed by atoms with Crippen molar-refractivity contribution >= 4 is 11.8 Å². The van der Waals surface area contributed by atoms with Crippen LogP contribution < -0.4 is 4.90 Å². The van der Waals surface area contributed by atoms with Crippen molar-refractivity contribution in [2.75, 3.05) is 11.9 Å². The van der Waals surface area contributed by atoms with Crippen LogP contribution in [-0.2, 0) is 0 Å². The largest absolute Gasteiger partial charge is 0.478 e. The van der Waals surface area contributed by atoms with Gasteiger partial charge in [-0.3, -0.25) is 0 Å². The number of halogens is 1. The van der Waals surface area contributed by atoms with E-state index < -0.39 is 11.8 Å². The van der Waals surface area contributed by atoms with Crippen LogP contribution in [0, 0.1) is 11.7 Å². The van der Waals surface area contributed by atoms with Crippen molar-refractivity contribution in [1.82, 2.24) is 4.98 Å². The summed E-state index contributed by atoms with van der Waals surface area (Å²) in [5, 5.41) is 9.16. The van der Waals surface area contributed by atoms with E-state index in [0.717, 1.165) is 31.5 Å². The van der Waals surface area contributed by atoms with Crippen molar-refractivity contribution < 1.29 is 14.3 Å². The average molecular weight is 266 g/mol. The molecule has 1 aromatic rings. The van der Waals surface area contributed by atoms with Gasteiger partial charge in [-0.05, 0) is 24.8 Å². The summed E-state index contributed by atoms with van der Waals surface area (Å²) in [6, 6.07) is 1.31. The molecule has 1 aliphatic carbocycles. The van der Waals surface area contributed by atoms with Gasteiger partial charge in [0.15, 0.2) is 0 Å². The molecule has 0 spiro atoms. The molecule has 1 fully saturated rings. The average Bonchev–Trinajstić information content (AvgIpc) is 2.37. The molecular formula is C14H19FN2O2. The minimum Gasteiger partial charge on any atom is -0.478 e. The topological polar surface area (TPSA) is 53.4 Å². The summed E-state index contributed by atoms with van der Waals surface area (Å²) in [6.45, 7) is 2.20. The number of anilines is 1. The number of carbonyl (C=O) groups is 1. The maximum Gasteiger partial charge on any atom is 0.339 e. The lowest BCUT2D eigenvalue weighted by molar-refractivity contribution is 0.0696. The van der Waals surface area contributed by atoms with Crippen LogP contribution in [0.3, 0.4) is 0 Å². The zero-order chi connectivity index (χ0) is 14.0. The van der Waals surface area contributed by atoms with Gasteiger partial charge >= 0.3 is 5.97 Å². The van der Waals surface area contributed by atoms with Crippen LogP contribution in [0.4, 0.5) is 10.2 Å². The monoisotopic (exact) mass is 266 g/mol. The van der Waals surface area contributed by atoms with Gasteiger partial charge in [-0.2, -0.15) is 0 Å². The van der Waals surface area contributed by atoms with E-state index in [1.807, 2.05) is 11.9 Å². The van der Waals surface area contributed by atoms with Crippen LogP contribution in [0.5, 0.6) is 0 Å². The first-order valence-corrected chi connectivity index (χ1v) is 6.60. The van der Waals surface area contributed by atoms with Crippen LogP contribution in [0.15, 0.2) is 12.3 Å². The van der Waals surface area contributed by atoms with Crippen LogP contribution in [0.25, 0.3) is 0 Å². The van der Waals surface area contributed by atoms with Crippen LogP contribution in [0.1, 0.15) is 43.0 Å². The summed E-state index contributed by atoms with van der Waals surface area (Å²) in [6.07, 6.45) is 5.48. The second kappa shape index (κ2) is 5.55. The molecule has 2 unspecified atom stereocenters. The maximum atomic E-state index is 13.1. The molecule has 0 saturated heterocycles. The van der Waals surface area contributed by atoms with Gasteiger partial charge in [-0.25, -0.2) is 14.2 Å². The van der Waals surface area contributed by atoms with E-state index in [-0.39, 0.29) is 11.6 Å². The van der Waals surface area contributed by atoms with E-state index in [1.165, 1.54) is 6.42 Å². The summed E-state index contributed by atoms with van der Waals surface area (Å²) in [5.41, 5.74) is -0.0688. The fourth-order valence-corrected chi connectivity index (χ4v) is 2.80. The van der Waals surface area contributed by atoms with Gasteiger partial charge in [0.2, 0.25) is 0 Å². The third-order valence-corrected chi connectivity index (χ3v) is 3.85. The first-order chi connectivity index (χ1) is 8.99. The Morgan fingerprint density at radius 2 is 2.26 bits per heavy atom. The Hall–Kier alpha value is -1.65. The number of nitrogens with zero attached hydrogens (tertiary/aromatic N) is 2. The summed E-state index contributed by atoms with van der Waals surface area (Å²) in [7, 11) is 1.84. The van der Waals surface area contributed by atoms with Crippen molar-refractivity contribution in [3.63, 3.8) is 0 Å². The van der Waals surface area contributed by atoms with Gasteiger partial charge in [0, 0.05) is 13.1 Å². The van der Waals surface area contributed by atoms with Gasteiger partial charge < -0.3 is 10.0 Å². The highest BCUT2D eigenvalue weighted by atomic mass is 19.1. The lowest BCUT2D eigenvalue weighted by Crippen LogP contribution is -2.37. The number of pyridine rings is 1. The quantitative estimate of drug-likeness (QED) is 0.914. The molecule has 0 radical (unpaired) electrons. The Kier molecular flexibility index (Phi) is 4.02. The van der Waals surface area contributed by atoms with Crippen molar-refractivity contribution in [3.8, 4) is 0 Å². The van der Waals surface area contributed by atoms with E-state index in [9.17, 15) is 9.18 Å². The van der Waals surface area contributed by atoms with Gasteiger partial charge in [0.25, 0.3) is 0 Å². The lowest BCUT2D eigenvalue weighted by Gasteiger charge is -2.35. The van der Waals surface area contributed by atoms with Crippen LogP contribution >= 0.6 is 0 Å². The van der Waals surface area contributed by atoms with Gasteiger partial charge in [0.1, 0.15) is 17.2 Å². The molecule has 1 heterocycles. The summed E-state index contributed by atoms with van der Waals surface area (Å²) in [5.74, 6) is -0.771. The Balaban J connectivity index is 2.27. The highest BCUT2D eigenvalue weighted by molar-refractivity contribution is 5.93. The molecule has 1 N–H and O–H groups in total. The van der Waals surface area contributed by atoms with Gasteiger partial charge in [0.05, 0.1) is 6.20 Å². The molecule has 5 heteroatoms. The van der Waals surface area contributed by atoms with Crippen molar-refractivity contribution in [2.45, 2.75) is 38.6 Å². The molecule has 2 atom stereocenters. The van der Waals surface area contributed by atoms with Gasteiger partial charge in [-0.1, -0.05) is 19.8 Å². The lowest BCUT2D eigenvalue weighted by atomic mass is 9.86. The molecule has 1 aliphatic rings. The molecule has 1 aromatic heterocycles. The molecule has 1 saturated carbocycles. The van der Waals surface area contributed by atoms with E-state index in [1.54, 1.807) is 0 Å². The SMILES string of the molecule is CC1CCCC(N(C)c2ncc(F)cc2C(=O)O)C1. The second-order valence-corrected chi connectivity index (χ2v) is 5.37. The second-order valence-electron chi connectivity index (χ2n) is 5.37. The van der Waals surface area contributed by atoms with E-state index >= 15 is 0 Å². The predicted octanol–water partition coefficient (Wildman–Crippen LogP) is 2.93. The third kappa shape index (κ3) is 3.03. The number of rotatable bonds is 3.